The number of halogens is 1. The van der Waals surface area contributed by atoms with Crippen LogP contribution in [0.5, 0.6) is 0 Å². The van der Waals surface area contributed by atoms with E-state index in [2.05, 4.69) is 24.3 Å². The van der Waals surface area contributed by atoms with E-state index in [-0.39, 0.29) is 11.7 Å². The van der Waals surface area contributed by atoms with Gasteiger partial charge < -0.3 is 5.32 Å². The summed E-state index contributed by atoms with van der Waals surface area (Å²) in [7, 11) is 0. The highest BCUT2D eigenvalue weighted by atomic mass is 32.2. The van der Waals surface area contributed by atoms with E-state index in [9.17, 15) is 9.18 Å². The summed E-state index contributed by atoms with van der Waals surface area (Å²) in [5.41, 5.74) is 0.714. The van der Waals surface area contributed by atoms with Gasteiger partial charge in [0.15, 0.2) is 8.29 Å². The Labute approximate surface area is 167 Å². The minimum Gasteiger partial charge on any atom is -0.355 e. The molecule has 2 rings (SSSR count). The lowest BCUT2D eigenvalue weighted by Crippen LogP contribution is -2.30. The number of rotatable bonds is 10. The summed E-state index contributed by atoms with van der Waals surface area (Å²) >= 11 is 8.04. The molecule has 0 aliphatic carbocycles. The number of nitrogens with zero attached hydrogens (tertiary/aromatic N) is 2. The Kier molecular flexibility index (Phi) is 8.74. The van der Waals surface area contributed by atoms with Crippen LogP contribution >= 0.6 is 35.3 Å². The van der Waals surface area contributed by atoms with E-state index in [1.54, 1.807) is 16.8 Å². The highest BCUT2D eigenvalue weighted by Gasteiger charge is 2.11. The monoisotopic (exact) mass is 413 g/mol. The largest absolute Gasteiger partial charge is 0.355 e. The molecule has 4 nitrogen and oxygen atoms in total. The van der Waals surface area contributed by atoms with Crippen molar-refractivity contribution in [3.63, 3.8) is 0 Å². The van der Waals surface area contributed by atoms with Crippen molar-refractivity contribution >= 4 is 41.2 Å². The molecule has 2 aromatic rings. The van der Waals surface area contributed by atoms with Gasteiger partial charge in [-0.3, -0.25) is 4.79 Å². The molecule has 26 heavy (non-hydrogen) atoms. The van der Waals surface area contributed by atoms with Crippen LogP contribution in [-0.4, -0.2) is 28.0 Å². The van der Waals surface area contributed by atoms with E-state index in [1.807, 2.05) is 0 Å². The van der Waals surface area contributed by atoms with Crippen molar-refractivity contribution in [3.05, 3.63) is 34.0 Å². The Bertz CT molecular complexity index is 758. The molecule has 0 saturated carbocycles. The predicted octanol–water partition coefficient (Wildman–Crippen LogP) is 5.23. The minimum absolute atomic E-state index is 0.0133. The maximum absolute atomic E-state index is 13.0. The molecule has 0 saturated heterocycles. The molecule has 1 amide bonds. The molecule has 142 valence electrons. The van der Waals surface area contributed by atoms with Crippen LogP contribution in [-0.2, 0) is 4.79 Å². The second-order valence-corrected chi connectivity index (χ2v) is 8.88. The number of hydrogen-bond acceptors (Lipinski definition) is 5. The van der Waals surface area contributed by atoms with Crippen molar-refractivity contribution in [2.24, 2.45) is 5.92 Å². The van der Waals surface area contributed by atoms with Gasteiger partial charge in [-0.2, -0.15) is 0 Å². The lowest BCUT2D eigenvalue weighted by Gasteiger charge is -2.14. The summed E-state index contributed by atoms with van der Waals surface area (Å²) < 4.78 is 15.9. The molecule has 1 atom stereocenters. The third kappa shape index (κ3) is 6.48. The molecule has 0 aliphatic rings. The zero-order valence-corrected chi connectivity index (χ0v) is 17.5. The molecule has 1 N–H and O–H groups in total. The maximum atomic E-state index is 13.0. The van der Waals surface area contributed by atoms with Crippen molar-refractivity contribution < 1.29 is 9.18 Å². The molecule has 0 bridgehead atoms. The SMILES string of the molecule is CCCC[C@@H](CC)CNC(=O)CSc1nn(-c2ccc(F)cc2)c(=S)s1. The van der Waals surface area contributed by atoms with Crippen molar-refractivity contribution in [1.29, 1.82) is 0 Å². The van der Waals surface area contributed by atoms with Gasteiger partial charge in [-0.05, 0) is 48.8 Å². The Balaban J connectivity index is 1.86. The second-order valence-electron chi connectivity index (χ2n) is 6.03. The first-order chi connectivity index (χ1) is 12.5. The average Bonchev–Trinajstić information content (AvgIpc) is 3.01. The molecule has 0 radical (unpaired) electrons. The van der Waals surface area contributed by atoms with Gasteiger partial charge in [-0.1, -0.05) is 56.2 Å². The van der Waals surface area contributed by atoms with Gasteiger partial charge in [0.1, 0.15) is 5.82 Å². The van der Waals surface area contributed by atoms with Crippen LogP contribution < -0.4 is 5.32 Å². The number of carbonyl (C=O) groups excluding carboxylic acids is 1. The van der Waals surface area contributed by atoms with Crippen molar-refractivity contribution in [1.82, 2.24) is 15.1 Å². The molecule has 1 aromatic heterocycles. The summed E-state index contributed by atoms with van der Waals surface area (Å²) in [6.45, 7) is 5.08. The number of aromatic nitrogens is 2. The quantitative estimate of drug-likeness (QED) is 0.428. The van der Waals surface area contributed by atoms with Gasteiger partial charge in [0, 0.05) is 6.54 Å². The topological polar surface area (TPSA) is 46.9 Å². The first kappa shape index (κ1) is 21.1. The fraction of sp³-hybridized carbons (Fsp3) is 0.500. The van der Waals surface area contributed by atoms with Gasteiger partial charge in [-0.25, -0.2) is 9.07 Å². The highest BCUT2D eigenvalue weighted by molar-refractivity contribution is 8.01. The van der Waals surface area contributed by atoms with Gasteiger partial charge in [0.2, 0.25) is 5.91 Å². The van der Waals surface area contributed by atoms with Crippen LogP contribution in [0.3, 0.4) is 0 Å². The van der Waals surface area contributed by atoms with Gasteiger partial charge in [0.05, 0.1) is 11.4 Å². The van der Waals surface area contributed by atoms with E-state index in [0.717, 1.165) is 23.7 Å². The second kappa shape index (κ2) is 10.8. The molecule has 0 unspecified atom stereocenters. The number of thioether (sulfide) groups is 1. The Morgan fingerprint density at radius 1 is 1.38 bits per heavy atom. The standard InChI is InChI=1S/C18H24FN3OS3/c1-3-5-6-13(4-2)11-20-16(23)12-25-17-21-22(18(24)26-17)15-9-7-14(19)8-10-15/h7-10,13H,3-6,11-12H2,1-2H3,(H,20,23)/t13-/m1/s1. The van der Waals surface area contributed by atoms with E-state index in [4.69, 9.17) is 12.2 Å². The number of hydrogen-bond donors (Lipinski definition) is 1. The number of carbonyl (C=O) groups is 1. The predicted molar refractivity (Wildman–Crippen MR) is 109 cm³/mol. The van der Waals surface area contributed by atoms with Gasteiger partial charge >= 0.3 is 0 Å². The Hall–Kier alpha value is -1.25. The number of nitrogens with one attached hydrogen (secondary N) is 1. The molecule has 0 spiro atoms. The van der Waals surface area contributed by atoms with Crippen molar-refractivity contribution in [3.8, 4) is 5.69 Å². The molecule has 1 aromatic carbocycles. The average molecular weight is 414 g/mol. The fourth-order valence-corrected chi connectivity index (χ4v) is 4.64. The molecule has 0 aliphatic heterocycles. The summed E-state index contributed by atoms with van der Waals surface area (Å²) in [6.07, 6.45) is 4.62. The van der Waals surface area contributed by atoms with E-state index in [1.165, 1.54) is 48.1 Å². The highest BCUT2D eigenvalue weighted by Crippen LogP contribution is 2.24. The lowest BCUT2D eigenvalue weighted by molar-refractivity contribution is -0.118. The van der Waals surface area contributed by atoms with Crippen LogP contribution in [0, 0.1) is 15.7 Å². The van der Waals surface area contributed by atoms with Crippen LogP contribution in [0.2, 0.25) is 0 Å². The van der Waals surface area contributed by atoms with Crippen LogP contribution in [0.15, 0.2) is 28.6 Å². The number of unbranched alkanes of at least 4 members (excludes halogenated alkanes) is 1. The van der Waals surface area contributed by atoms with Crippen molar-refractivity contribution in [2.45, 2.75) is 43.9 Å². The Morgan fingerprint density at radius 2 is 2.12 bits per heavy atom. The zero-order valence-electron chi connectivity index (χ0n) is 15.0. The molecule has 8 heteroatoms. The summed E-state index contributed by atoms with van der Waals surface area (Å²) in [5.74, 6) is 0.574. The van der Waals surface area contributed by atoms with Gasteiger partial charge in [0.25, 0.3) is 0 Å². The van der Waals surface area contributed by atoms with E-state index >= 15 is 0 Å². The fourth-order valence-electron chi connectivity index (χ4n) is 2.44. The summed E-state index contributed by atoms with van der Waals surface area (Å²) in [4.78, 5) is 12.1. The molecule has 1 heterocycles. The first-order valence-electron chi connectivity index (χ1n) is 8.79. The number of amides is 1. The van der Waals surface area contributed by atoms with E-state index < -0.39 is 0 Å². The molecular formula is C18H24FN3OS3. The molecular weight excluding hydrogens is 389 g/mol. The van der Waals surface area contributed by atoms with Gasteiger partial charge in [-0.15, -0.1) is 5.10 Å². The Morgan fingerprint density at radius 3 is 2.77 bits per heavy atom. The van der Waals surface area contributed by atoms with Crippen LogP contribution in [0.1, 0.15) is 39.5 Å². The van der Waals surface area contributed by atoms with Crippen LogP contribution in [0.4, 0.5) is 4.39 Å². The smallest absolute Gasteiger partial charge is 0.230 e. The minimum atomic E-state index is -0.300. The summed E-state index contributed by atoms with van der Waals surface area (Å²) in [5, 5.41) is 7.44. The number of benzene rings is 1. The van der Waals surface area contributed by atoms with Crippen molar-refractivity contribution in [2.75, 3.05) is 12.3 Å². The maximum Gasteiger partial charge on any atom is 0.230 e. The molecule has 0 fully saturated rings. The normalized spacial score (nSPS) is 12.1. The van der Waals surface area contributed by atoms with E-state index in [0.29, 0.717) is 21.3 Å². The zero-order chi connectivity index (χ0) is 18.9. The first-order valence-corrected chi connectivity index (χ1v) is 11.0. The lowest BCUT2D eigenvalue weighted by atomic mass is 9.99. The van der Waals surface area contributed by atoms with Crippen LogP contribution in [0.25, 0.3) is 5.69 Å². The third-order valence-electron chi connectivity index (χ3n) is 4.06. The summed E-state index contributed by atoms with van der Waals surface area (Å²) in [6, 6.07) is 6.01. The third-order valence-corrected chi connectivity index (χ3v) is 6.42.